The van der Waals surface area contributed by atoms with Crippen molar-refractivity contribution in [3.8, 4) is 0 Å². The minimum Gasteiger partial charge on any atom is -0.396 e. The number of urea groups is 1. The lowest BCUT2D eigenvalue weighted by Crippen LogP contribution is -2.39. The third-order valence-electron chi connectivity index (χ3n) is 3.72. The largest absolute Gasteiger partial charge is 0.396 e. The number of fused-ring (bicyclic) bond motifs is 1. The molecule has 3 N–H and O–H groups in total. The Labute approximate surface area is 118 Å². The van der Waals surface area contributed by atoms with E-state index in [1.165, 1.54) is 12.1 Å². The molecular weight excluding hydrogens is 259 g/mol. The van der Waals surface area contributed by atoms with Crippen molar-refractivity contribution in [1.29, 1.82) is 0 Å². The van der Waals surface area contributed by atoms with Gasteiger partial charge in [0, 0.05) is 13.2 Å². The highest BCUT2D eigenvalue weighted by atomic mass is 19.1. The van der Waals surface area contributed by atoms with E-state index in [-0.39, 0.29) is 30.4 Å². The van der Waals surface area contributed by atoms with Gasteiger partial charge in [-0.2, -0.15) is 0 Å². The molecule has 1 aliphatic carbocycles. The number of hydrogen-bond acceptors (Lipinski definition) is 2. The summed E-state index contributed by atoms with van der Waals surface area (Å²) in [5, 5.41) is 14.5. The van der Waals surface area contributed by atoms with Gasteiger partial charge in [0.25, 0.3) is 0 Å². The summed E-state index contributed by atoms with van der Waals surface area (Å²) in [6.45, 7) is 2.62. The van der Waals surface area contributed by atoms with Gasteiger partial charge >= 0.3 is 6.03 Å². The molecule has 0 aliphatic heterocycles. The average molecular weight is 280 g/mol. The highest BCUT2D eigenvalue weighted by Crippen LogP contribution is 2.31. The summed E-state index contributed by atoms with van der Waals surface area (Å²) in [4.78, 5) is 11.8. The van der Waals surface area contributed by atoms with Crippen molar-refractivity contribution >= 4 is 6.03 Å². The molecule has 0 bridgehead atoms. The molecule has 0 heterocycles. The van der Waals surface area contributed by atoms with Gasteiger partial charge < -0.3 is 15.7 Å². The van der Waals surface area contributed by atoms with E-state index in [4.69, 9.17) is 5.11 Å². The van der Waals surface area contributed by atoms with Crippen LogP contribution in [0.3, 0.4) is 0 Å². The van der Waals surface area contributed by atoms with E-state index in [0.29, 0.717) is 13.0 Å². The second-order valence-electron chi connectivity index (χ2n) is 5.41. The van der Waals surface area contributed by atoms with Crippen molar-refractivity contribution in [2.45, 2.75) is 32.2 Å². The fraction of sp³-hybridized carbons (Fsp3) is 0.533. The van der Waals surface area contributed by atoms with Crippen molar-refractivity contribution in [3.05, 3.63) is 35.1 Å². The Bertz CT molecular complexity index is 479. The van der Waals surface area contributed by atoms with Gasteiger partial charge in [0.05, 0.1) is 6.04 Å². The number of aliphatic hydroxyl groups excluding tert-OH is 1. The van der Waals surface area contributed by atoms with Crippen LogP contribution in [0.15, 0.2) is 18.2 Å². The number of amides is 2. The molecule has 0 spiro atoms. The molecule has 20 heavy (non-hydrogen) atoms. The number of aliphatic hydroxyl groups is 1. The number of carbonyl (C=O) groups is 1. The van der Waals surface area contributed by atoms with Crippen LogP contribution < -0.4 is 10.6 Å². The fourth-order valence-corrected chi connectivity index (χ4v) is 2.52. The van der Waals surface area contributed by atoms with Crippen LogP contribution in [0.5, 0.6) is 0 Å². The first-order valence-corrected chi connectivity index (χ1v) is 7.03. The lowest BCUT2D eigenvalue weighted by Gasteiger charge is -2.16. The molecule has 2 unspecified atom stereocenters. The molecule has 2 atom stereocenters. The Hall–Kier alpha value is -1.62. The zero-order valence-corrected chi connectivity index (χ0v) is 11.7. The Balaban J connectivity index is 1.86. The fourth-order valence-electron chi connectivity index (χ4n) is 2.52. The van der Waals surface area contributed by atoms with Crippen LogP contribution in [-0.2, 0) is 6.42 Å². The maximum atomic E-state index is 13.3. The minimum absolute atomic E-state index is 0.117. The van der Waals surface area contributed by atoms with Crippen LogP contribution in [0.2, 0.25) is 0 Å². The molecule has 2 amide bonds. The molecule has 1 aromatic rings. The maximum Gasteiger partial charge on any atom is 0.315 e. The zero-order chi connectivity index (χ0) is 14.5. The van der Waals surface area contributed by atoms with Crippen LogP contribution in [0.4, 0.5) is 9.18 Å². The minimum atomic E-state index is -0.269. The second kappa shape index (κ2) is 6.70. The van der Waals surface area contributed by atoms with E-state index in [9.17, 15) is 9.18 Å². The van der Waals surface area contributed by atoms with Gasteiger partial charge in [0.15, 0.2) is 0 Å². The first kappa shape index (κ1) is 14.8. The monoisotopic (exact) mass is 280 g/mol. The summed E-state index contributed by atoms with van der Waals surface area (Å²) in [5.74, 6) is -0.0338. The number of aryl methyl sites for hydroxylation is 1. The number of carbonyl (C=O) groups excluding carboxylic acids is 1. The van der Waals surface area contributed by atoms with Gasteiger partial charge in [-0.05, 0) is 48.4 Å². The van der Waals surface area contributed by atoms with Crippen molar-refractivity contribution < 1.29 is 14.3 Å². The lowest BCUT2D eigenvalue weighted by molar-refractivity contribution is 0.230. The predicted octanol–water partition coefficient (Wildman–Crippen LogP) is 2.13. The number of benzene rings is 1. The number of hydrogen-bond donors (Lipinski definition) is 3. The standard InChI is InChI=1S/C15H21FN2O2/c1-10(6-7-19)9-17-15(20)18-14-5-3-11-2-4-12(16)8-13(11)14/h2,4,8,10,14,19H,3,5-7,9H2,1H3,(H2,17,18,20). The predicted molar refractivity (Wildman–Crippen MR) is 74.9 cm³/mol. The molecule has 5 heteroatoms. The SMILES string of the molecule is CC(CCO)CNC(=O)NC1CCc2ccc(F)cc21. The summed E-state index contributed by atoms with van der Waals surface area (Å²) < 4.78 is 13.3. The summed E-state index contributed by atoms with van der Waals surface area (Å²) in [6.07, 6.45) is 2.33. The first-order valence-electron chi connectivity index (χ1n) is 7.03. The molecule has 1 aliphatic rings. The molecule has 0 saturated heterocycles. The van der Waals surface area contributed by atoms with Crippen LogP contribution >= 0.6 is 0 Å². The van der Waals surface area contributed by atoms with E-state index in [1.807, 2.05) is 6.92 Å². The smallest absolute Gasteiger partial charge is 0.315 e. The highest BCUT2D eigenvalue weighted by Gasteiger charge is 2.24. The summed E-state index contributed by atoms with van der Waals surface area (Å²) in [6, 6.07) is 4.39. The number of halogens is 1. The van der Waals surface area contributed by atoms with Crippen LogP contribution in [-0.4, -0.2) is 24.3 Å². The highest BCUT2D eigenvalue weighted by molar-refractivity contribution is 5.74. The molecule has 4 nitrogen and oxygen atoms in total. The van der Waals surface area contributed by atoms with Gasteiger partial charge in [-0.15, -0.1) is 0 Å². The Morgan fingerprint density at radius 1 is 1.55 bits per heavy atom. The van der Waals surface area contributed by atoms with E-state index < -0.39 is 0 Å². The molecule has 0 aromatic heterocycles. The number of nitrogens with one attached hydrogen (secondary N) is 2. The normalized spacial score (nSPS) is 18.4. The molecule has 1 aromatic carbocycles. The van der Waals surface area contributed by atoms with E-state index in [0.717, 1.165) is 24.0 Å². The topological polar surface area (TPSA) is 61.4 Å². The molecule has 2 rings (SSSR count). The van der Waals surface area contributed by atoms with E-state index >= 15 is 0 Å². The summed E-state index contributed by atoms with van der Waals surface area (Å²) >= 11 is 0. The van der Waals surface area contributed by atoms with Gasteiger partial charge in [-0.3, -0.25) is 0 Å². The van der Waals surface area contributed by atoms with Crippen LogP contribution in [0.1, 0.15) is 36.9 Å². The van der Waals surface area contributed by atoms with E-state index in [2.05, 4.69) is 10.6 Å². The Morgan fingerprint density at radius 3 is 3.10 bits per heavy atom. The summed E-state index contributed by atoms with van der Waals surface area (Å²) in [5.41, 5.74) is 1.98. The quantitative estimate of drug-likeness (QED) is 0.774. The van der Waals surface area contributed by atoms with Crippen molar-refractivity contribution in [2.75, 3.05) is 13.2 Å². The van der Waals surface area contributed by atoms with Gasteiger partial charge in [-0.25, -0.2) is 9.18 Å². The molecule has 0 fully saturated rings. The lowest BCUT2D eigenvalue weighted by atomic mass is 10.1. The Morgan fingerprint density at radius 2 is 2.35 bits per heavy atom. The summed E-state index contributed by atoms with van der Waals surface area (Å²) in [7, 11) is 0. The molecular formula is C15H21FN2O2. The molecule has 110 valence electrons. The third kappa shape index (κ3) is 3.70. The van der Waals surface area contributed by atoms with Crippen LogP contribution in [0.25, 0.3) is 0 Å². The van der Waals surface area contributed by atoms with Gasteiger partial charge in [0.1, 0.15) is 5.82 Å². The molecule has 0 radical (unpaired) electrons. The third-order valence-corrected chi connectivity index (χ3v) is 3.72. The van der Waals surface area contributed by atoms with E-state index in [1.54, 1.807) is 6.07 Å². The average Bonchev–Trinajstić information content (AvgIpc) is 2.79. The maximum absolute atomic E-state index is 13.3. The zero-order valence-electron chi connectivity index (χ0n) is 11.7. The van der Waals surface area contributed by atoms with Crippen molar-refractivity contribution in [2.24, 2.45) is 5.92 Å². The van der Waals surface area contributed by atoms with Gasteiger partial charge in [0.2, 0.25) is 0 Å². The molecule has 0 saturated carbocycles. The first-order chi connectivity index (χ1) is 9.60. The Kier molecular flexibility index (Phi) is 4.95. The van der Waals surface area contributed by atoms with Gasteiger partial charge in [-0.1, -0.05) is 13.0 Å². The second-order valence-corrected chi connectivity index (χ2v) is 5.41. The van der Waals surface area contributed by atoms with Crippen molar-refractivity contribution in [1.82, 2.24) is 10.6 Å². The number of rotatable bonds is 5. The van der Waals surface area contributed by atoms with Crippen molar-refractivity contribution in [3.63, 3.8) is 0 Å². The van der Waals surface area contributed by atoms with Crippen LogP contribution in [0, 0.1) is 11.7 Å².